The van der Waals surface area contributed by atoms with Crippen LogP contribution >= 0.6 is 23.1 Å². The summed E-state index contributed by atoms with van der Waals surface area (Å²) in [6.07, 6.45) is 0.821. The lowest BCUT2D eigenvalue weighted by atomic mass is 9.68. The summed E-state index contributed by atoms with van der Waals surface area (Å²) >= 11 is 2.88. The number of fused-ring (bicyclic) bond motifs is 9. The number of para-hydroxylation sites is 1. The van der Waals surface area contributed by atoms with E-state index in [2.05, 4.69) is 50.4 Å². The van der Waals surface area contributed by atoms with Gasteiger partial charge in [-0.05, 0) is 71.9 Å². The van der Waals surface area contributed by atoms with E-state index in [0.717, 1.165) is 27.5 Å². The summed E-state index contributed by atoms with van der Waals surface area (Å²) in [6, 6.07) is 25.6. The number of benzene rings is 3. The van der Waals surface area contributed by atoms with Crippen LogP contribution in [0.4, 0.5) is 11.4 Å². The second-order valence-corrected chi connectivity index (χ2v) is 16.7. The van der Waals surface area contributed by atoms with E-state index in [-0.39, 0.29) is 75.3 Å². The van der Waals surface area contributed by atoms with Crippen molar-refractivity contribution in [1.82, 2.24) is 4.57 Å². The zero-order valence-corrected chi connectivity index (χ0v) is 28.4. The molecule has 3 fully saturated rings. The monoisotopic (exact) mass is 663 g/mol. The normalized spacial score (nSPS) is 27.5. The Balaban J connectivity index is 1.19. The molecule has 8 rings (SSSR count). The molecular weight excluding hydrogens is 627 g/mol. The van der Waals surface area contributed by atoms with Gasteiger partial charge in [-0.2, -0.15) is 0 Å². The van der Waals surface area contributed by atoms with Gasteiger partial charge in [0.2, 0.25) is 17.7 Å². The van der Waals surface area contributed by atoms with Gasteiger partial charge < -0.3 is 5.32 Å². The van der Waals surface area contributed by atoms with Crippen molar-refractivity contribution in [3.63, 3.8) is 0 Å². The molecule has 240 valence electrons. The van der Waals surface area contributed by atoms with Gasteiger partial charge in [0.1, 0.15) is 6.54 Å². The Kier molecular flexibility index (Phi) is 7.15. The largest absolute Gasteiger partial charge is 0.325 e. The van der Waals surface area contributed by atoms with E-state index < -0.39 is 0 Å². The Morgan fingerprint density at radius 3 is 2.19 bits per heavy atom. The van der Waals surface area contributed by atoms with E-state index in [1.54, 1.807) is 16.3 Å². The molecule has 0 radical (unpaired) electrons. The van der Waals surface area contributed by atoms with E-state index in [4.69, 9.17) is 0 Å². The van der Waals surface area contributed by atoms with Crippen LogP contribution in [0.5, 0.6) is 0 Å². The summed E-state index contributed by atoms with van der Waals surface area (Å²) < 4.78 is 1.62. The summed E-state index contributed by atoms with van der Waals surface area (Å²) in [5, 5.41) is 3.80. The smallest absolute Gasteiger partial charge is 0.308 e. The zero-order valence-electron chi connectivity index (χ0n) is 26.8. The Bertz CT molecular complexity index is 1960. The molecule has 7 nitrogen and oxygen atoms in total. The predicted molar refractivity (Wildman–Crippen MR) is 186 cm³/mol. The summed E-state index contributed by atoms with van der Waals surface area (Å²) in [7, 11) is 0. The first kappa shape index (κ1) is 30.4. The maximum Gasteiger partial charge on any atom is 0.308 e. The highest BCUT2D eigenvalue weighted by Gasteiger charge is 2.69. The van der Waals surface area contributed by atoms with Gasteiger partial charge in [0.15, 0.2) is 0 Å². The highest BCUT2D eigenvalue weighted by atomic mass is 32.2. The number of carbonyl (C=O) groups is 3. The van der Waals surface area contributed by atoms with E-state index in [1.807, 2.05) is 61.5 Å². The minimum Gasteiger partial charge on any atom is -0.325 e. The second kappa shape index (κ2) is 11.1. The summed E-state index contributed by atoms with van der Waals surface area (Å²) in [5.41, 5.74) is 4.73. The molecule has 0 spiro atoms. The molecule has 47 heavy (non-hydrogen) atoms. The maximum absolute atomic E-state index is 14.1. The fourth-order valence-corrected chi connectivity index (χ4v) is 11.8. The minimum atomic E-state index is -0.367. The van der Waals surface area contributed by atoms with Gasteiger partial charge in [-0.25, -0.2) is 0 Å². The summed E-state index contributed by atoms with van der Waals surface area (Å²) in [4.78, 5) is 57.3. The topological polar surface area (TPSA) is 88.5 Å². The third-order valence-corrected chi connectivity index (χ3v) is 13.5. The van der Waals surface area contributed by atoms with Crippen LogP contribution in [-0.2, 0) is 26.3 Å². The van der Waals surface area contributed by atoms with Gasteiger partial charge in [0.25, 0.3) is 0 Å². The Morgan fingerprint density at radius 1 is 0.872 bits per heavy atom. The van der Waals surface area contributed by atoms with Crippen molar-refractivity contribution in [3.05, 3.63) is 110 Å². The molecule has 2 bridgehead atoms. The van der Waals surface area contributed by atoms with Gasteiger partial charge in [0.05, 0.1) is 22.5 Å². The fraction of sp³-hybridized carbons (Fsp3) is 0.368. The molecule has 7 atom stereocenters. The number of nitrogens with zero attached hydrogens (tertiary/aromatic N) is 2. The van der Waals surface area contributed by atoms with Crippen LogP contribution < -0.4 is 15.1 Å². The first-order valence-electron chi connectivity index (χ1n) is 16.3. The third kappa shape index (κ3) is 4.84. The lowest BCUT2D eigenvalue weighted by molar-refractivity contribution is -0.123. The molecule has 1 saturated heterocycles. The van der Waals surface area contributed by atoms with Crippen molar-refractivity contribution in [2.75, 3.05) is 10.2 Å². The number of aromatic nitrogens is 1. The predicted octanol–water partition coefficient (Wildman–Crippen LogP) is 6.83. The number of thiazole rings is 1. The van der Waals surface area contributed by atoms with Crippen LogP contribution in [0.3, 0.4) is 0 Å². The minimum absolute atomic E-state index is 0.00931. The Hall–Kier alpha value is -3.95. The van der Waals surface area contributed by atoms with Crippen molar-refractivity contribution in [2.24, 2.45) is 29.6 Å². The fourth-order valence-electron chi connectivity index (χ4n) is 8.63. The Morgan fingerprint density at radius 2 is 1.53 bits per heavy atom. The SMILES string of the molecule is Cc1ccc(N2C(=O)C3C4CC(C3C2=O)C2C(c3ccc(C(C)(C)C)cc3)c3sc(=O)n(CC(=O)Nc5ccccc5)c3SC42)cc1. The van der Waals surface area contributed by atoms with Crippen LogP contribution in [0, 0.1) is 36.5 Å². The number of nitrogens with one attached hydrogen (secondary N) is 1. The molecule has 3 amide bonds. The number of rotatable bonds is 5. The Labute approximate surface area is 282 Å². The first-order valence-corrected chi connectivity index (χ1v) is 18.0. The number of anilines is 2. The van der Waals surface area contributed by atoms with E-state index in [9.17, 15) is 19.2 Å². The van der Waals surface area contributed by atoms with Crippen LogP contribution in [0.15, 0.2) is 88.7 Å². The number of thioether (sulfide) groups is 1. The van der Waals surface area contributed by atoms with Gasteiger partial charge in [-0.1, -0.05) is 92.3 Å². The van der Waals surface area contributed by atoms with Gasteiger partial charge in [0, 0.05) is 21.7 Å². The number of hydrogen-bond donors (Lipinski definition) is 1. The van der Waals surface area contributed by atoms with E-state index in [1.165, 1.54) is 21.8 Å². The van der Waals surface area contributed by atoms with E-state index in [0.29, 0.717) is 11.4 Å². The molecule has 1 N–H and O–H groups in total. The molecule has 2 aliphatic carbocycles. The lowest BCUT2D eigenvalue weighted by Gasteiger charge is -2.43. The number of hydrogen-bond acceptors (Lipinski definition) is 6. The lowest BCUT2D eigenvalue weighted by Crippen LogP contribution is -2.43. The molecule has 2 aliphatic heterocycles. The molecule has 3 aromatic carbocycles. The van der Waals surface area contributed by atoms with Crippen molar-refractivity contribution in [2.45, 2.75) is 62.3 Å². The zero-order chi connectivity index (χ0) is 32.8. The average molecular weight is 664 g/mol. The molecule has 9 heteroatoms. The maximum atomic E-state index is 14.1. The summed E-state index contributed by atoms with van der Waals surface area (Å²) in [5.74, 6) is -1.14. The molecule has 3 heterocycles. The van der Waals surface area contributed by atoms with Crippen LogP contribution in [0.2, 0.25) is 0 Å². The van der Waals surface area contributed by atoms with Crippen LogP contribution in [-0.4, -0.2) is 27.5 Å². The summed E-state index contributed by atoms with van der Waals surface area (Å²) in [6.45, 7) is 8.49. The van der Waals surface area contributed by atoms with Gasteiger partial charge >= 0.3 is 4.87 Å². The quantitative estimate of drug-likeness (QED) is 0.237. The first-order chi connectivity index (χ1) is 22.5. The molecule has 2 saturated carbocycles. The van der Waals surface area contributed by atoms with Crippen molar-refractivity contribution < 1.29 is 14.4 Å². The second-order valence-electron chi connectivity index (χ2n) is 14.5. The molecule has 4 aromatic rings. The van der Waals surface area contributed by atoms with Gasteiger partial charge in [-0.15, -0.1) is 11.8 Å². The highest BCUT2D eigenvalue weighted by molar-refractivity contribution is 8.00. The van der Waals surface area contributed by atoms with Crippen molar-refractivity contribution in [3.8, 4) is 0 Å². The molecule has 4 aliphatic rings. The van der Waals surface area contributed by atoms with Crippen molar-refractivity contribution >= 4 is 52.2 Å². The van der Waals surface area contributed by atoms with Gasteiger partial charge in [-0.3, -0.25) is 28.6 Å². The standard InChI is InChI=1S/C38H37N3O4S2/c1-20-10-16-24(17-11-20)41-34(43)30-25-18-26(31(30)35(41)44)32-29(25)28(21-12-14-22(15-13-21)38(2,3)4)33-36(46-32)40(37(45)47-33)19-27(42)39-23-8-6-5-7-9-23/h5-17,25-26,28-32H,18-19H2,1-4H3,(H,39,42). The third-order valence-electron chi connectivity index (χ3n) is 10.7. The number of amides is 3. The number of aryl methyl sites for hydroxylation is 1. The number of imide groups is 1. The number of carbonyl (C=O) groups excluding carboxylic acids is 3. The van der Waals surface area contributed by atoms with Crippen LogP contribution in [0.1, 0.15) is 54.7 Å². The van der Waals surface area contributed by atoms with Crippen molar-refractivity contribution in [1.29, 1.82) is 0 Å². The highest BCUT2D eigenvalue weighted by Crippen LogP contribution is 2.69. The average Bonchev–Trinajstić information content (AvgIpc) is 3.76. The molecular formula is C38H37N3O4S2. The van der Waals surface area contributed by atoms with Crippen LogP contribution in [0.25, 0.3) is 0 Å². The molecule has 1 aromatic heterocycles. The van der Waals surface area contributed by atoms with E-state index >= 15 is 0 Å². The molecule has 7 unspecified atom stereocenters.